The molecule has 0 radical (unpaired) electrons. The lowest BCUT2D eigenvalue weighted by atomic mass is 9.47. The third-order valence-corrected chi connectivity index (χ3v) is 8.15. The molecule has 122 valence electrons. The Labute approximate surface area is 134 Å². The summed E-state index contributed by atoms with van der Waals surface area (Å²) in [6.07, 6.45) is 8.29. The lowest BCUT2D eigenvalue weighted by Gasteiger charge is -2.57. The van der Waals surface area contributed by atoms with Crippen LogP contribution in [0.2, 0.25) is 0 Å². The van der Waals surface area contributed by atoms with E-state index in [-0.39, 0.29) is 11.5 Å². The second kappa shape index (κ2) is 4.69. The van der Waals surface area contributed by atoms with Gasteiger partial charge in [-0.25, -0.2) is 0 Å². The highest BCUT2D eigenvalue weighted by molar-refractivity contribution is 5.87. The Bertz CT molecular complexity index is 548. The van der Waals surface area contributed by atoms with Gasteiger partial charge in [0.1, 0.15) is 5.78 Å². The SMILES string of the molecule is CC1=C2CC(O)CCC2(C)C2CCC3(C)C(=O)CCC3C2C1. The van der Waals surface area contributed by atoms with Gasteiger partial charge in [0.25, 0.3) is 0 Å². The van der Waals surface area contributed by atoms with Crippen LogP contribution in [-0.2, 0) is 4.79 Å². The zero-order valence-corrected chi connectivity index (χ0v) is 14.3. The molecule has 0 saturated heterocycles. The maximum absolute atomic E-state index is 12.4. The molecule has 0 aliphatic heterocycles. The highest BCUT2D eigenvalue weighted by Gasteiger charge is 2.59. The summed E-state index contributed by atoms with van der Waals surface area (Å²) in [6, 6.07) is 0. The molecule has 0 aromatic carbocycles. The Balaban J connectivity index is 1.74. The van der Waals surface area contributed by atoms with Gasteiger partial charge in [-0.2, -0.15) is 0 Å². The third-order valence-electron chi connectivity index (χ3n) is 8.15. The van der Waals surface area contributed by atoms with Gasteiger partial charge >= 0.3 is 0 Å². The fourth-order valence-corrected chi connectivity index (χ4v) is 6.87. The molecule has 4 aliphatic carbocycles. The van der Waals surface area contributed by atoms with Gasteiger partial charge in [-0.3, -0.25) is 4.79 Å². The predicted molar refractivity (Wildman–Crippen MR) is 87.3 cm³/mol. The molecule has 0 spiro atoms. The molecular weight excluding hydrogens is 272 g/mol. The van der Waals surface area contributed by atoms with Gasteiger partial charge in [-0.1, -0.05) is 25.0 Å². The van der Waals surface area contributed by atoms with Crippen LogP contribution in [0.25, 0.3) is 0 Å². The van der Waals surface area contributed by atoms with Crippen molar-refractivity contribution in [1.29, 1.82) is 0 Å². The minimum atomic E-state index is -0.128. The average molecular weight is 302 g/mol. The summed E-state index contributed by atoms with van der Waals surface area (Å²) in [5.41, 5.74) is 3.37. The van der Waals surface area contributed by atoms with Crippen LogP contribution in [0.1, 0.15) is 72.1 Å². The molecule has 6 unspecified atom stereocenters. The van der Waals surface area contributed by atoms with Crippen molar-refractivity contribution in [3.8, 4) is 0 Å². The normalized spacial score (nSPS) is 51.4. The van der Waals surface area contributed by atoms with Crippen molar-refractivity contribution in [1.82, 2.24) is 0 Å². The average Bonchev–Trinajstić information content (AvgIpc) is 2.77. The van der Waals surface area contributed by atoms with Gasteiger partial charge in [0.2, 0.25) is 0 Å². The van der Waals surface area contributed by atoms with Gasteiger partial charge in [-0.05, 0) is 75.0 Å². The van der Waals surface area contributed by atoms with Gasteiger partial charge in [0, 0.05) is 11.8 Å². The minimum absolute atomic E-state index is 0.0243. The molecule has 0 aromatic heterocycles. The number of aliphatic hydroxyl groups is 1. The first-order valence-electron chi connectivity index (χ1n) is 9.27. The molecule has 0 aromatic rings. The molecular formula is C20H30O2. The number of hydrogen-bond donors (Lipinski definition) is 1. The Kier molecular flexibility index (Phi) is 3.18. The summed E-state index contributed by atoms with van der Waals surface area (Å²) >= 11 is 0. The summed E-state index contributed by atoms with van der Waals surface area (Å²) in [7, 11) is 0. The maximum atomic E-state index is 12.4. The highest BCUT2D eigenvalue weighted by Crippen LogP contribution is 2.65. The number of allylic oxidation sites excluding steroid dienone is 1. The number of fused-ring (bicyclic) bond motifs is 5. The van der Waals surface area contributed by atoms with Crippen molar-refractivity contribution >= 4 is 5.78 Å². The van der Waals surface area contributed by atoms with Crippen LogP contribution in [0.4, 0.5) is 0 Å². The molecule has 22 heavy (non-hydrogen) atoms. The van der Waals surface area contributed by atoms with Crippen LogP contribution in [0.5, 0.6) is 0 Å². The summed E-state index contributed by atoms with van der Waals surface area (Å²) in [5.74, 6) is 2.59. The molecule has 0 heterocycles. The third kappa shape index (κ3) is 1.79. The van der Waals surface area contributed by atoms with Crippen LogP contribution in [0, 0.1) is 28.6 Å². The van der Waals surface area contributed by atoms with E-state index in [1.54, 1.807) is 5.57 Å². The predicted octanol–water partition coefficient (Wildman–Crippen LogP) is 4.27. The number of rotatable bonds is 0. The molecule has 0 bridgehead atoms. The van der Waals surface area contributed by atoms with Gasteiger partial charge in [0.15, 0.2) is 0 Å². The molecule has 3 fully saturated rings. The highest BCUT2D eigenvalue weighted by atomic mass is 16.3. The summed E-state index contributed by atoms with van der Waals surface area (Å²) in [4.78, 5) is 12.4. The van der Waals surface area contributed by atoms with E-state index in [0.29, 0.717) is 23.0 Å². The number of hydrogen-bond acceptors (Lipinski definition) is 2. The quantitative estimate of drug-likeness (QED) is 0.679. The standard InChI is InChI=1S/C20H30O2/c1-12-10-14-15-4-5-18(22)20(15,3)9-7-16(14)19(2)8-6-13(21)11-17(12)19/h13-16,21H,4-11H2,1-3H3. The van der Waals surface area contributed by atoms with Crippen molar-refractivity contribution in [3.63, 3.8) is 0 Å². The minimum Gasteiger partial charge on any atom is -0.393 e. The Morgan fingerprint density at radius 1 is 1.00 bits per heavy atom. The van der Waals surface area contributed by atoms with E-state index in [1.165, 1.54) is 18.4 Å². The Morgan fingerprint density at radius 2 is 1.68 bits per heavy atom. The number of ketones is 1. The van der Waals surface area contributed by atoms with E-state index in [0.717, 1.165) is 44.4 Å². The largest absolute Gasteiger partial charge is 0.393 e. The summed E-state index contributed by atoms with van der Waals surface area (Å²) < 4.78 is 0. The van der Waals surface area contributed by atoms with E-state index in [2.05, 4.69) is 20.8 Å². The number of aliphatic hydroxyl groups excluding tert-OH is 1. The van der Waals surface area contributed by atoms with E-state index in [9.17, 15) is 9.90 Å². The lowest BCUT2D eigenvalue weighted by Crippen LogP contribution is -2.51. The Morgan fingerprint density at radius 3 is 2.45 bits per heavy atom. The molecule has 3 saturated carbocycles. The van der Waals surface area contributed by atoms with Crippen LogP contribution < -0.4 is 0 Å². The number of carbonyl (C=O) groups excluding carboxylic acids is 1. The van der Waals surface area contributed by atoms with Crippen LogP contribution in [0.3, 0.4) is 0 Å². The van der Waals surface area contributed by atoms with Crippen molar-refractivity contribution in [2.75, 3.05) is 0 Å². The first-order chi connectivity index (χ1) is 10.4. The molecule has 4 rings (SSSR count). The fraction of sp³-hybridized carbons (Fsp3) is 0.850. The second-order valence-corrected chi connectivity index (χ2v) is 9.07. The zero-order valence-electron chi connectivity index (χ0n) is 14.3. The van der Waals surface area contributed by atoms with Gasteiger partial charge < -0.3 is 5.11 Å². The van der Waals surface area contributed by atoms with E-state index >= 15 is 0 Å². The van der Waals surface area contributed by atoms with Crippen LogP contribution in [0.15, 0.2) is 11.1 Å². The first kappa shape index (κ1) is 14.9. The van der Waals surface area contributed by atoms with Crippen LogP contribution >= 0.6 is 0 Å². The lowest BCUT2D eigenvalue weighted by molar-refractivity contribution is -0.132. The number of Topliss-reactive ketones (excluding diaryl/α,β-unsaturated/α-hetero) is 1. The second-order valence-electron chi connectivity index (χ2n) is 9.07. The van der Waals surface area contributed by atoms with E-state index in [4.69, 9.17) is 0 Å². The van der Waals surface area contributed by atoms with Gasteiger partial charge in [0.05, 0.1) is 6.10 Å². The summed E-state index contributed by atoms with van der Waals surface area (Å²) in [6.45, 7) is 7.02. The van der Waals surface area contributed by atoms with Crippen LogP contribution in [-0.4, -0.2) is 17.0 Å². The molecule has 1 N–H and O–H groups in total. The Hall–Kier alpha value is -0.630. The molecule has 0 amide bonds. The smallest absolute Gasteiger partial charge is 0.139 e. The van der Waals surface area contributed by atoms with Crippen molar-refractivity contribution in [2.24, 2.45) is 28.6 Å². The van der Waals surface area contributed by atoms with E-state index in [1.807, 2.05) is 0 Å². The van der Waals surface area contributed by atoms with Crippen molar-refractivity contribution in [3.05, 3.63) is 11.1 Å². The van der Waals surface area contributed by atoms with E-state index < -0.39 is 0 Å². The van der Waals surface area contributed by atoms with Crippen molar-refractivity contribution in [2.45, 2.75) is 78.2 Å². The fourth-order valence-electron chi connectivity index (χ4n) is 6.87. The van der Waals surface area contributed by atoms with Crippen molar-refractivity contribution < 1.29 is 9.90 Å². The molecule has 4 aliphatic rings. The molecule has 2 heteroatoms. The monoisotopic (exact) mass is 302 g/mol. The summed E-state index contributed by atoms with van der Waals surface area (Å²) in [5, 5.41) is 10.1. The maximum Gasteiger partial charge on any atom is 0.139 e. The number of carbonyl (C=O) groups is 1. The molecule has 6 atom stereocenters. The first-order valence-corrected chi connectivity index (χ1v) is 9.27. The molecule has 2 nitrogen and oxygen atoms in total. The van der Waals surface area contributed by atoms with Gasteiger partial charge in [-0.15, -0.1) is 0 Å². The topological polar surface area (TPSA) is 37.3 Å². The zero-order chi connectivity index (χ0) is 15.7.